The van der Waals surface area contributed by atoms with E-state index in [1.807, 2.05) is 13.2 Å². The molecule has 0 bridgehead atoms. The first kappa shape index (κ1) is 14.1. The van der Waals surface area contributed by atoms with Crippen molar-refractivity contribution in [3.63, 3.8) is 0 Å². The maximum Gasteiger partial charge on any atom is 0.222 e. The second-order valence-electron chi connectivity index (χ2n) is 4.53. The summed E-state index contributed by atoms with van der Waals surface area (Å²) in [5.41, 5.74) is 6.60. The van der Waals surface area contributed by atoms with Crippen LogP contribution in [0.1, 0.15) is 25.3 Å². The van der Waals surface area contributed by atoms with E-state index in [0.29, 0.717) is 18.2 Å². The standard InChI is InChI=1S/C13H20N6O/c1-3-4-5-15-12-11(7-16-13(14)18-12)20-9-10-6-17-19(2)8-10/h6-8H,3-5,9H2,1-2H3,(H3,14,15,16,18). The summed E-state index contributed by atoms with van der Waals surface area (Å²) < 4.78 is 7.46. The Morgan fingerprint density at radius 3 is 2.95 bits per heavy atom. The van der Waals surface area contributed by atoms with Gasteiger partial charge in [0.05, 0.1) is 12.4 Å². The molecule has 0 aliphatic carbocycles. The molecule has 0 unspecified atom stereocenters. The van der Waals surface area contributed by atoms with E-state index < -0.39 is 0 Å². The van der Waals surface area contributed by atoms with Crippen LogP contribution in [-0.4, -0.2) is 26.3 Å². The first-order valence-electron chi connectivity index (χ1n) is 6.65. The molecule has 20 heavy (non-hydrogen) atoms. The molecule has 0 aliphatic rings. The van der Waals surface area contributed by atoms with Crippen molar-refractivity contribution in [3.8, 4) is 5.75 Å². The summed E-state index contributed by atoms with van der Waals surface area (Å²) in [6, 6.07) is 0. The smallest absolute Gasteiger partial charge is 0.222 e. The monoisotopic (exact) mass is 276 g/mol. The van der Waals surface area contributed by atoms with Gasteiger partial charge in [0.1, 0.15) is 6.61 Å². The van der Waals surface area contributed by atoms with Crippen LogP contribution in [0.5, 0.6) is 5.75 Å². The van der Waals surface area contributed by atoms with Gasteiger partial charge in [0, 0.05) is 25.4 Å². The Hall–Kier alpha value is -2.31. The number of hydrogen-bond acceptors (Lipinski definition) is 6. The Kier molecular flexibility index (Phi) is 4.75. The number of nitrogens with zero attached hydrogens (tertiary/aromatic N) is 4. The van der Waals surface area contributed by atoms with E-state index in [2.05, 4.69) is 27.3 Å². The minimum atomic E-state index is 0.234. The SMILES string of the molecule is CCCCNc1nc(N)ncc1OCc1cnn(C)c1. The summed E-state index contributed by atoms with van der Waals surface area (Å²) in [6.07, 6.45) is 7.43. The highest BCUT2D eigenvalue weighted by Gasteiger charge is 2.08. The highest BCUT2D eigenvalue weighted by molar-refractivity contribution is 5.51. The van der Waals surface area contributed by atoms with Gasteiger partial charge in [-0.25, -0.2) is 4.98 Å². The predicted molar refractivity (Wildman–Crippen MR) is 77.4 cm³/mol. The number of nitrogens with one attached hydrogen (secondary N) is 1. The lowest BCUT2D eigenvalue weighted by molar-refractivity contribution is 0.305. The van der Waals surface area contributed by atoms with Gasteiger partial charge >= 0.3 is 0 Å². The summed E-state index contributed by atoms with van der Waals surface area (Å²) in [6.45, 7) is 3.38. The number of nitrogen functional groups attached to an aromatic ring is 1. The molecular formula is C13H20N6O. The Morgan fingerprint density at radius 1 is 1.40 bits per heavy atom. The van der Waals surface area contributed by atoms with Gasteiger partial charge in [-0.15, -0.1) is 0 Å². The number of ether oxygens (including phenoxy) is 1. The van der Waals surface area contributed by atoms with Gasteiger partial charge in [-0.2, -0.15) is 10.1 Å². The third-order valence-corrected chi connectivity index (χ3v) is 2.75. The van der Waals surface area contributed by atoms with Crippen LogP contribution in [0.25, 0.3) is 0 Å². The van der Waals surface area contributed by atoms with Crippen molar-refractivity contribution in [2.45, 2.75) is 26.4 Å². The molecular weight excluding hydrogens is 256 g/mol. The summed E-state index contributed by atoms with van der Waals surface area (Å²) in [7, 11) is 1.87. The van der Waals surface area contributed by atoms with Gasteiger partial charge in [-0.05, 0) is 6.42 Å². The topological polar surface area (TPSA) is 90.9 Å². The van der Waals surface area contributed by atoms with Gasteiger partial charge in [0.25, 0.3) is 0 Å². The second kappa shape index (κ2) is 6.74. The van der Waals surface area contributed by atoms with Crippen LogP contribution in [0.3, 0.4) is 0 Å². The quantitative estimate of drug-likeness (QED) is 0.746. The molecule has 0 radical (unpaired) electrons. The lowest BCUT2D eigenvalue weighted by atomic mass is 10.3. The maximum atomic E-state index is 5.73. The molecule has 0 saturated carbocycles. The number of aromatic nitrogens is 4. The van der Waals surface area contributed by atoms with Crippen molar-refractivity contribution in [2.75, 3.05) is 17.6 Å². The van der Waals surface area contributed by atoms with Gasteiger partial charge in [0.15, 0.2) is 11.6 Å². The van der Waals surface area contributed by atoms with E-state index in [4.69, 9.17) is 10.5 Å². The molecule has 2 aromatic heterocycles. The Bertz CT molecular complexity index is 554. The molecule has 0 aromatic carbocycles. The maximum absolute atomic E-state index is 5.73. The van der Waals surface area contributed by atoms with Crippen molar-refractivity contribution < 1.29 is 4.74 Å². The van der Waals surface area contributed by atoms with Crippen LogP contribution in [-0.2, 0) is 13.7 Å². The van der Waals surface area contributed by atoms with Gasteiger partial charge in [-0.3, -0.25) is 4.68 Å². The van der Waals surface area contributed by atoms with Crippen molar-refractivity contribution in [3.05, 3.63) is 24.2 Å². The van der Waals surface area contributed by atoms with E-state index in [1.165, 1.54) is 0 Å². The van der Waals surface area contributed by atoms with Crippen molar-refractivity contribution in [1.29, 1.82) is 0 Å². The summed E-state index contributed by atoms with van der Waals surface area (Å²) in [4.78, 5) is 8.14. The first-order valence-corrected chi connectivity index (χ1v) is 6.65. The van der Waals surface area contributed by atoms with Crippen LogP contribution < -0.4 is 15.8 Å². The number of anilines is 2. The van der Waals surface area contributed by atoms with Crippen molar-refractivity contribution >= 4 is 11.8 Å². The fourth-order valence-corrected chi connectivity index (χ4v) is 1.71. The van der Waals surface area contributed by atoms with Crippen molar-refractivity contribution in [1.82, 2.24) is 19.7 Å². The van der Waals surface area contributed by atoms with E-state index >= 15 is 0 Å². The molecule has 0 spiro atoms. The predicted octanol–water partition coefficient (Wildman–Crippen LogP) is 1.58. The third kappa shape index (κ3) is 3.84. The molecule has 0 atom stereocenters. The zero-order valence-corrected chi connectivity index (χ0v) is 11.8. The molecule has 7 heteroatoms. The Balaban J connectivity index is 2.01. The molecule has 2 rings (SSSR count). The number of unbranched alkanes of at least 4 members (excludes halogenated alkanes) is 1. The molecule has 0 fully saturated rings. The number of nitrogens with two attached hydrogens (primary N) is 1. The lowest BCUT2D eigenvalue weighted by Crippen LogP contribution is -2.08. The van der Waals surface area contributed by atoms with Crippen LogP contribution in [0.2, 0.25) is 0 Å². The molecule has 0 aliphatic heterocycles. The van der Waals surface area contributed by atoms with Crippen molar-refractivity contribution in [2.24, 2.45) is 7.05 Å². The third-order valence-electron chi connectivity index (χ3n) is 2.75. The van der Waals surface area contributed by atoms with Crippen LogP contribution in [0.15, 0.2) is 18.6 Å². The summed E-state index contributed by atoms with van der Waals surface area (Å²) in [5.74, 6) is 1.46. The molecule has 0 amide bonds. The fraction of sp³-hybridized carbons (Fsp3) is 0.462. The highest BCUT2D eigenvalue weighted by Crippen LogP contribution is 2.22. The molecule has 2 aromatic rings. The Morgan fingerprint density at radius 2 is 2.25 bits per heavy atom. The number of aryl methyl sites for hydroxylation is 1. The molecule has 0 saturated heterocycles. The minimum absolute atomic E-state index is 0.234. The average molecular weight is 276 g/mol. The van der Waals surface area contributed by atoms with Crippen LogP contribution >= 0.6 is 0 Å². The summed E-state index contributed by atoms with van der Waals surface area (Å²) in [5, 5.41) is 7.32. The molecule has 2 heterocycles. The van der Waals surface area contributed by atoms with E-state index in [1.54, 1.807) is 17.1 Å². The Labute approximate surface area is 118 Å². The normalized spacial score (nSPS) is 10.5. The van der Waals surface area contributed by atoms with E-state index in [0.717, 1.165) is 24.9 Å². The highest BCUT2D eigenvalue weighted by atomic mass is 16.5. The molecule has 3 N–H and O–H groups in total. The van der Waals surface area contributed by atoms with Gasteiger partial charge in [-0.1, -0.05) is 13.3 Å². The number of hydrogen-bond donors (Lipinski definition) is 2. The largest absolute Gasteiger partial charge is 0.483 e. The van der Waals surface area contributed by atoms with Crippen LogP contribution in [0.4, 0.5) is 11.8 Å². The minimum Gasteiger partial charge on any atom is -0.483 e. The lowest BCUT2D eigenvalue weighted by Gasteiger charge is -2.11. The zero-order valence-electron chi connectivity index (χ0n) is 11.8. The molecule has 7 nitrogen and oxygen atoms in total. The van der Waals surface area contributed by atoms with Crippen LogP contribution in [0, 0.1) is 0 Å². The summed E-state index contributed by atoms with van der Waals surface area (Å²) >= 11 is 0. The van der Waals surface area contributed by atoms with E-state index in [9.17, 15) is 0 Å². The second-order valence-corrected chi connectivity index (χ2v) is 4.53. The van der Waals surface area contributed by atoms with Gasteiger partial charge < -0.3 is 15.8 Å². The average Bonchev–Trinajstić information content (AvgIpc) is 2.84. The van der Waals surface area contributed by atoms with E-state index in [-0.39, 0.29) is 5.95 Å². The molecule has 108 valence electrons. The zero-order chi connectivity index (χ0) is 14.4. The first-order chi connectivity index (χ1) is 9.69. The van der Waals surface area contributed by atoms with Gasteiger partial charge in [0.2, 0.25) is 5.95 Å². The fourth-order valence-electron chi connectivity index (χ4n) is 1.71. The number of rotatable bonds is 7.